The minimum absolute atomic E-state index is 0.327. The van der Waals surface area contributed by atoms with E-state index < -0.39 is 0 Å². The summed E-state index contributed by atoms with van der Waals surface area (Å²) in [6.45, 7) is 4.14. The molecule has 3 N–H and O–H groups in total. The molecule has 0 radical (unpaired) electrons. The second-order valence-electron chi connectivity index (χ2n) is 4.26. The van der Waals surface area contributed by atoms with Gasteiger partial charge in [0.05, 0.1) is 17.6 Å². The van der Waals surface area contributed by atoms with Crippen molar-refractivity contribution in [3.63, 3.8) is 0 Å². The first-order chi connectivity index (χ1) is 8.65. The van der Waals surface area contributed by atoms with Gasteiger partial charge in [-0.15, -0.1) is 0 Å². The molecule has 0 bridgehead atoms. The van der Waals surface area contributed by atoms with Crippen LogP contribution in [0.15, 0.2) is 47.7 Å². The van der Waals surface area contributed by atoms with Gasteiger partial charge in [0.25, 0.3) is 0 Å². The zero-order valence-corrected chi connectivity index (χ0v) is 10.5. The van der Waals surface area contributed by atoms with Gasteiger partial charge in [0.15, 0.2) is 5.96 Å². The van der Waals surface area contributed by atoms with Gasteiger partial charge in [0, 0.05) is 12.2 Å². The smallest absolute Gasteiger partial charge is 0.198 e. The summed E-state index contributed by atoms with van der Waals surface area (Å²) in [4.78, 5) is 4.25. The maximum atomic E-state index is 5.82. The average molecular weight is 243 g/mol. The van der Waals surface area contributed by atoms with Gasteiger partial charge in [-0.1, -0.05) is 18.2 Å². The Bertz CT molecular complexity index is 527. The molecule has 0 aliphatic rings. The molecule has 0 aliphatic carbocycles. The number of aromatic nitrogens is 2. The van der Waals surface area contributed by atoms with Crippen LogP contribution in [-0.2, 0) is 0 Å². The lowest BCUT2D eigenvalue weighted by Crippen LogP contribution is -2.21. The van der Waals surface area contributed by atoms with Crippen molar-refractivity contribution in [2.75, 3.05) is 5.32 Å². The molecular weight excluding hydrogens is 226 g/mol. The van der Waals surface area contributed by atoms with Gasteiger partial charge in [0.2, 0.25) is 0 Å². The molecule has 0 saturated carbocycles. The molecule has 94 valence electrons. The topological polar surface area (TPSA) is 68.2 Å². The summed E-state index contributed by atoms with van der Waals surface area (Å²) in [5.41, 5.74) is 7.48. The van der Waals surface area contributed by atoms with Gasteiger partial charge >= 0.3 is 0 Å². The van der Waals surface area contributed by atoms with E-state index >= 15 is 0 Å². The molecule has 2 rings (SSSR count). The van der Waals surface area contributed by atoms with E-state index in [2.05, 4.69) is 29.3 Å². The minimum Gasteiger partial charge on any atom is -0.369 e. The number of hydrogen-bond acceptors (Lipinski definition) is 2. The van der Waals surface area contributed by atoms with E-state index in [9.17, 15) is 0 Å². The van der Waals surface area contributed by atoms with Gasteiger partial charge < -0.3 is 11.1 Å². The predicted octanol–water partition coefficient (Wildman–Crippen LogP) is 2.52. The van der Waals surface area contributed by atoms with Crippen LogP contribution in [0.3, 0.4) is 0 Å². The molecule has 0 saturated heterocycles. The van der Waals surface area contributed by atoms with Crippen molar-refractivity contribution in [3.8, 4) is 0 Å². The van der Waals surface area contributed by atoms with Crippen LogP contribution in [0.5, 0.6) is 0 Å². The molecule has 0 fully saturated rings. The second kappa shape index (κ2) is 5.35. The summed E-state index contributed by atoms with van der Waals surface area (Å²) >= 11 is 0. The minimum atomic E-state index is 0.327. The van der Waals surface area contributed by atoms with E-state index in [0.29, 0.717) is 12.0 Å². The van der Waals surface area contributed by atoms with Crippen molar-refractivity contribution in [2.45, 2.75) is 19.9 Å². The fraction of sp³-hybridized carbons (Fsp3) is 0.231. The van der Waals surface area contributed by atoms with E-state index in [1.54, 1.807) is 6.20 Å². The maximum Gasteiger partial charge on any atom is 0.198 e. The zero-order chi connectivity index (χ0) is 13.0. The predicted molar refractivity (Wildman–Crippen MR) is 74.0 cm³/mol. The third-order valence-electron chi connectivity index (χ3n) is 2.41. The number of nitrogens with zero attached hydrogens (tertiary/aromatic N) is 3. The molecule has 1 aromatic heterocycles. The molecule has 0 aliphatic heterocycles. The van der Waals surface area contributed by atoms with Gasteiger partial charge in [-0.3, -0.25) is 4.68 Å². The number of rotatable bonds is 3. The van der Waals surface area contributed by atoms with Gasteiger partial charge in [-0.2, -0.15) is 5.10 Å². The summed E-state index contributed by atoms with van der Waals surface area (Å²) in [5.74, 6) is 0.351. The fourth-order valence-electron chi connectivity index (χ4n) is 1.50. The largest absolute Gasteiger partial charge is 0.369 e. The Labute approximate surface area is 106 Å². The van der Waals surface area contributed by atoms with E-state index in [4.69, 9.17) is 5.73 Å². The first kappa shape index (κ1) is 12.2. The van der Waals surface area contributed by atoms with Crippen molar-refractivity contribution in [2.24, 2.45) is 10.7 Å². The Hall–Kier alpha value is -2.30. The monoisotopic (exact) mass is 243 g/mol. The number of nitrogens with two attached hydrogens (primary N) is 1. The highest BCUT2D eigenvalue weighted by atomic mass is 15.3. The van der Waals surface area contributed by atoms with Gasteiger partial charge in [0.1, 0.15) is 0 Å². The van der Waals surface area contributed by atoms with Crippen molar-refractivity contribution in [3.05, 3.63) is 42.7 Å². The first-order valence-corrected chi connectivity index (χ1v) is 5.85. The first-order valence-electron chi connectivity index (χ1n) is 5.85. The van der Waals surface area contributed by atoms with Crippen molar-refractivity contribution in [1.82, 2.24) is 9.78 Å². The summed E-state index contributed by atoms with van der Waals surface area (Å²) in [6, 6.07) is 9.90. The zero-order valence-electron chi connectivity index (χ0n) is 10.5. The molecule has 0 unspecified atom stereocenters. The Morgan fingerprint density at radius 2 is 2.06 bits per heavy atom. The third-order valence-corrected chi connectivity index (χ3v) is 2.41. The van der Waals surface area contributed by atoms with Crippen LogP contribution in [0.25, 0.3) is 0 Å². The number of benzene rings is 1. The van der Waals surface area contributed by atoms with Gasteiger partial charge in [-0.05, 0) is 26.0 Å². The van der Waals surface area contributed by atoms with E-state index in [1.165, 1.54) is 0 Å². The lowest BCUT2D eigenvalue weighted by Gasteiger charge is -2.04. The Kier molecular flexibility index (Phi) is 3.62. The molecule has 1 aromatic carbocycles. The molecular formula is C13H17N5. The number of anilines is 1. The number of para-hydroxylation sites is 1. The Morgan fingerprint density at radius 1 is 1.33 bits per heavy atom. The summed E-state index contributed by atoms with van der Waals surface area (Å²) < 4.78 is 1.86. The molecule has 1 heterocycles. The molecule has 0 spiro atoms. The third kappa shape index (κ3) is 3.10. The average Bonchev–Trinajstić information content (AvgIpc) is 2.78. The quantitative estimate of drug-likeness (QED) is 0.643. The molecule has 18 heavy (non-hydrogen) atoms. The second-order valence-corrected chi connectivity index (χ2v) is 4.26. The number of hydrogen-bond donors (Lipinski definition) is 2. The fourth-order valence-corrected chi connectivity index (χ4v) is 1.50. The number of aliphatic imine (C=N–C) groups is 1. The SMILES string of the molecule is CC(C)n1cc(NC(N)=Nc2ccccc2)cn1. The highest BCUT2D eigenvalue weighted by Gasteiger charge is 2.02. The maximum absolute atomic E-state index is 5.82. The van der Waals surface area contributed by atoms with Crippen LogP contribution >= 0.6 is 0 Å². The Balaban J connectivity index is 2.06. The van der Waals surface area contributed by atoms with Crippen molar-refractivity contribution < 1.29 is 0 Å². The van der Waals surface area contributed by atoms with E-state index in [0.717, 1.165) is 11.4 Å². The molecule has 5 nitrogen and oxygen atoms in total. The number of nitrogens with one attached hydrogen (secondary N) is 1. The normalized spacial score (nSPS) is 11.8. The van der Waals surface area contributed by atoms with E-state index in [1.807, 2.05) is 41.2 Å². The summed E-state index contributed by atoms with van der Waals surface area (Å²) in [7, 11) is 0. The van der Waals surface area contributed by atoms with Crippen LogP contribution in [0.1, 0.15) is 19.9 Å². The summed E-state index contributed by atoms with van der Waals surface area (Å²) in [6.07, 6.45) is 3.63. The van der Waals surface area contributed by atoms with Gasteiger partial charge in [-0.25, -0.2) is 4.99 Å². The lowest BCUT2D eigenvalue weighted by molar-refractivity contribution is 0.532. The van der Waals surface area contributed by atoms with Crippen LogP contribution in [-0.4, -0.2) is 15.7 Å². The molecule has 0 atom stereocenters. The molecule has 5 heteroatoms. The standard InChI is InChI=1S/C13H17N5/c1-10(2)18-9-12(8-15-18)17-13(14)16-11-6-4-3-5-7-11/h3-10H,1-2H3,(H3,14,16,17). The van der Waals surface area contributed by atoms with Crippen LogP contribution in [0, 0.1) is 0 Å². The Morgan fingerprint density at radius 3 is 2.67 bits per heavy atom. The molecule has 0 amide bonds. The molecule has 2 aromatic rings. The van der Waals surface area contributed by atoms with Crippen molar-refractivity contribution >= 4 is 17.3 Å². The van der Waals surface area contributed by atoms with Crippen molar-refractivity contribution in [1.29, 1.82) is 0 Å². The van der Waals surface area contributed by atoms with Crippen LogP contribution in [0.4, 0.5) is 11.4 Å². The lowest BCUT2D eigenvalue weighted by atomic mass is 10.3. The number of guanidine groups is 1. The van der Waals surface area contributed by atoms with E-state index in [-0.39, 0.29) is 0 Å². The summed E-state index contributed by atoms with van der Waals surface area (Å²) in [5, 5.41) is 7.23. The highest BCUT2D eigenvalue weighted by Crippen LogP contribution is 2.12. The highest BCUT2D eigenvalue weighted by molar-refractivity contribution is 5.93. The van der Waals surface area contributed by atoms with Crippen LogP contribution in [0.2, 0.25) is 0 Å². The van der Waals surface area contributed by atoms with Crippen LogP contribution < -0.4 is 11.1 Å².